The predicted octanol–water partition coefficient (Wildman–Crippen LogP) is 1.64. The van der Waals surface area contributed by atoms with Crippen molar-refractivity contribution in [2.24, 2.45) is 5.92 Å². The molecule has 1 aliphatic rings. The molecule has 0 aliphatic heterocycles. The largest absolute Gasteiger partial charge is 0.394 e. The topological polar surface area (TPSA) is 61.4 Å². The lowest BCUT2D eigenvalue weighted by Gasteiger charge is -2.28. The summed E-state index contributed by atoms with van der Waals surface area (Å²) >= 11 is 0. The fourth-order valence-electron chi connectivity index (χ4n) is 1.85. The minimum atomic E-state index is -0.488. The summed E-state index contributed by atoms with van der Waals surface area (Å²) in [5.41, 5.74) is -0.488. The van der Waals surface area contributed by atoms with E-state index < -0.39 is 5.54 Å². The molecule has 1 rings (SSSR count). The van der Waals surface area contributed by atoms with Crippen molar-refractivity contribution in [2.45, 2.75) is 51.5 Å². The standard InChI is InChI=1S/C12H24N2O2/c1-3-7-12(2,9-15)14-11(16)13-8-6-10-4-5-10/h10,15H,3-9H2,1-2H3,(H2,13,14,16). The van der Waals surface area contributed by atoms with Crippen LogP contribution in [0.5, 0.6) is 0 Å². The van der Waals surface area contributed by atoms with Crippen molar-refractivity contribution in [3.05, 3.63) is 0 Å². The Morgan fingerprint density at radius 3 is 2.69 bits per heavy atom. The van der Waals surface area contributed by atoms with E-state index in [0.717, 1.165) is 31.7 Å². The summed E-state index contributed by atoms with van der Waals surface area (Å²) < 4.78 is 0. The van der Waals surface area contributed by atoms with Gasteiger partial charge < -0.3 is 15.7 Å². The first kappa shape index (κ1) is 13.3. The van der Waals surface area contributed by atoms with Crippen LogP contribution in [0.3, 0.4) is 0 Å². The van der Waals surface area contributed by atoms with Crippen LogP contribution in [-0.4, -0.2) is 29.8 Å². The zero-order valence-electron chi connectivity index (χ0n) is 10.4. The van der Waals surface area contributed by atoms with E-state index in [-0.39, 0.29) is 12.6 Å². The molecule has 0 heterocycles. The molecule has 94 valence electrons. The smallest absolute Gasteiger partial charge is 0.315 e. The molecule has 2 amide bonds. The normalized spacial score (nSPS) is 18.9. The Hall–Kier alpha value is -0.770. The molecule has 0 aromatic heterocycles. The van der Waals surface area contributed by atoms with Crippen LogP contribution in [0.4, 0.5) is 4.79 Å². The Morgan fingerprint density at radius 2 is 2.19 bits per heavy atom. The molecular weight excluding hydrogens is 204 g/mol. The summed E-state index contributed by atoms with van der Waals surface area (Å²) in [5.74, 6) is 0.833. The molecule has 4 heteroatoms. The van der Waals surface area contributed by atoms with Gasteiger partial charge in [-0.3, -0.25) is 0 Å². The second-order valence-electron chi connectivity index (χ2n) is 5.08. The fourth-order valence-corrected chi connectivity index (χ4v) is 1.85. The highest BCUT2D eigenvalue weighted by Crippen LogP contribution is 2.31. The molecule has 1 fully saturated rings. The van der Waals surface area contributed by atoms with E-state index in [9.17, 15) is 9.90 Å². The summed E-state index contributed by atoms with van der Waals surface area (Å²) in [6.07, 6.45) is 5.44. The second kappa shape index (κ2) is 6.09. The minimum absolute atomic E-state index is 0.0170. The predicted molar refractivity (Wildman–Crippen MR) is 64.3 cm³/mol. The Bertz CT molecular complexity index is 229. The third-order valence-electron chi connectivity index (χ3n) is 3.10. The van der Waals surface area contributed by atoms with Crippen LogP contribution in [0.25, 0.3) is 0 Å². The maximum absolute atomic E-state index is 11.6. The van der Waals surface area contributed by atoms with Crippen molar-refractivity contribution in [2.75, 3.05) is 13.2 Å². The third kappa shape index (κ3) is 4.84. The van der Waals surface area contributed by atoms with Crippen molar-refractivity contribution >= 4 is 6.03 Å². The van der Waals surface area contributed by atoms with Gasteiger partial charge in [0.1, 0.15) is 0 Å². The number of nitrogens with one attached hydrogen (secondary N) is 2. The SMILES string of the molecule is CCCC(C)(CO)NC(=O)NCCC1CC1. The van der Waals surface area contributed by atoms with Gasteiger partial charge in [0.15, 0.2) is 0 Å². The van der Waals surface area contributed by atoms with Crippen LogP contribution in [0, 0.1) is 5.92 Å². The molecule has 1 saturated carbocycles. The highest BCUT2D eigenvalue weighted by Gasteiger charge is 2.25. The molecule has 1 unspecified atom stereocenters. The molecule has 0 bridgehead atoms. The Morgan fingerprint density at radius 1 is 1.50 bits per heavy atom. The van der Waals surface area contributed by atoms with E-state index in [1.54, 1.807) is 0 Å². The van der Waals surface area contributed by atoms with Crippen LogP contribution >= 0.6 is 0 Å². The third-order valence-corrected chi connectivity index (χ3v) is 3.10. The number of carbonyl (C=O) groups excluding carboxylic acids is 1. The maximum Gasteiger partial charge on any atom is 0.315 e. The van der Waals surface area contributed by atoms with Gasteiger partial charge in [-0.2, -0.15) is 0 Å². The number of rotatable bonds is 7. The summed E-state index contributed by atoms with van der Waals surface area (Å²) in [6, 6.07) is -0.161. The maximum atomic E-state index is 11.6. The molecule has 0 radical (unpaired) electrons. The lowest BCUT2D eigenvalue weighted by atomic mass is 9.98. The molecule has 0 aromatic rings. The highest BCUT2D eigenvalue weighted by atomic mass is 16.3. The van der Waals surface area contributed by atoms with Gasteiger partial charge in [0, 0.05) is 6.54 Å². The highest BCUT2D eigenvalue weighted by molar-refractivity contribution is 5.74. The van der Waals surface area contributed by atoms with Gasteiger partial charge in [0.2, 0.25) is 0 Å². The van der Waals surface area contributed by atoms with E-state index in [1.807, 2.05) is 13.8 Å². The van der Waals surface area contributed by atoms with Gasteiger partial charge in [-0.15, -0.1) is 0 Å². The number of aliphatic hydroxyl groups excluding tert-OH is 1. The Kier molecular flexibility index (Phi) is 5.06. The number of amides is 2. The molecule has 1 aliphatic carbocycles. The summed E-state index contributed by atoms with van der Waals surface area (Å²) in [5, 5.41) is 14.9. The quantitative estimate of drug-likeness (QED) is 0.620. The molecule has 1 atom stereocenters. The average molecular weight is 228 g/mol. The first-order valence-electron chi connectivity index (χ1n) is 6.26. The zero-order valence-corrected chi connectivity index (χ0v) is 10.4. The second-order valence-corrected chi connectivity index (χ2v) is 5.08. The van der Waals surface area contributed by atoms with Gasteiger partial charge in [0.05, 0.1) is 12.1 Å². The molecule has 3 N–H and O–H groups in total. The first-order valence-corrected chi connectivity index (χ1v) is 6.26. The van der Waals surface area contributed by atoms with Gasteiger partial charge in [-0.1, -0.05) is 26.2 Å². The molecule has 4 nitrogen and oxygen atoms in total. The Balaban J connectivity index is 2.18. The molecular formula is C12H24N2O2. The number of hydrogen-bond donors (Lipinski definition) is 3. The zero-order chi connectivity index (χ0) is 12.0. The van der Waals surface area contributed by atoms with E-state index >= 15 is 0 Å². The fraction of sp³-hybridized carbons (Fsp3) is 0.917. The van der Waals surface area contributed by atoms with Crippen molar-refractivity contribution in [1.82, 2.24) is 10.6 Å². The van der Waals surface area contributed by atoms with Crippen molar-refractivity contribution in [3.8, 4) is 0 Å². The van der Waals surface area contributed by atoms with Gasteiger partial charge in [0.25, 0.3) is 0 Å². The number of carbonyl (C=O) groups is 1. The van der Waals surface area contributed by atoms with E-state index in [4.69, 9.17) is 0 Å². The summed E-state index contributed by atoms with van der Waals surface area (Å²) in [7, 11) is 0. The molecule has 0 aromatic carbocycles. The molecule has 0 saturated heterocycles. The number of hydrogen-bond acceptors (Lipinski definition) is 2. The molecule has 16 heavy (non-hydrogen) atoms. The lowest BCUT2D eigenvalue weighted by molar-refractivity contribution is 0.163. The van der Waals surface area contributed by atoms with Crippen molar-refractivity contribution in [3.63, 3.8) is 0 Å². The van der Waals surface area contributed by atoms with Crippen LogP contribution in [0.15, 0.2) is 0 Å². The van der Waals surface area contributed by atoms with E-state index in [0.29, 0.717) is 0 Å². The monoisotopic (exact) mass is 228 g/mol. The summed E-state index contributed by atoms with van der Waals surface area (Å²) in [4.78, 5) is 11.6. The van der Waals surface area contributed by atoms with E-state index in [2.05, 4.69) is 10.6 Å². The minimum Gasteiger partial charge on any atom is -0.394 e. The van der Waals surface area contributed by atoms with E-state index in [1.165, 1.54) is 12.8 Å². The van der Waals surface area contributed by atoms with Crippen LogP contribution in [-0.2, 0) is 0 Å². The van der Waals surface area contributed by atoms with Crippen molar-refractivity contribution in [1.29, 1.82) is 0 Å². The average Bonchev–Trinajstić information content (AvgIpc) is 3.02. The van der Waals surface area contributed by atoms with Crippen LogP contribution in [0.1, 0.15) is 46.0 Å². The van der Waals surface area contributed by atoms with Gasteiger partial charge >= 0.3 is 6.03 Å². The molecule has 0 spiro atoms. The van der Waals surface area contributed by atoms with Gasteiger partial charge in [-0.25, -0.2) is 4.79 Å². The van der Waals surface area contributed by atoms with Crippen LogP contribution in [0.2, 0.25) is 0 Å². The summed E-state index contributed by atoms with van der Waals surface area (Å²) in [6.45, 7) is 4.64. The Labute approximate surface area is 97.8 Å². The van der Waals surface area contributed by atoms with Gasteiger partial charge in [-0.05, 0) is 25.7 Å². The van der Waals surface area contributed by atoms with Crippen LogP contribution < -0.4 is 10.6 Å². The number of urea groups is 1. The lowest BCUT2D eigenvalue weighted by Crippen LogP contribution is -2.52. The van der Waals surface area contributed by atoms with Crippen molar-refractivity contribution < 1.29 is 9.90 Å². The first-order chi connectivity index (χ1) is 7.59. The number of aliphatic hydroxyl groups is 1.